The van der Waals surface area contributed by atoms with E-state index in [-0.39, 0.29) is 35.0 Å². The quantitative estimate of drug-likeness (QED) is 0.484. The van der Waals surface area contributed by atoms with Gasteiger partial charge in [-0.25, -0.2) is 4.68 Å². The summed E-state index contributed by atoms with van der Waals surface area (Å²) < 4.78 is 1.68. The molecule has 7 nitrogen and oxygen atoms in total. The second-order valence-corrected chi connectivity index (χ2v) is 5.26. The number of halogens is 1. The average Bonchev–Trinajstić information content (AvgIpc) is 2.66. The van der Waals surface area contributed by atoms with E-state index in [1.807, 2.05) is 0 Å². The Kier molecular flexibility index (Phi) is 3.67. The van der Waals surface area contributed by atoms with E-state index in [1.54, 1.807) is 6.07 Å². The van der Waals surface area contributed by atoms with Crippen LogP contribution >= 0.6 is 15.9 Å². The molecule has 20 heavy (non-hydrogen) atoms. The van der Waals surface area contributed by atoms with Gasteiger partial charge >= 0.3 is 0 Å². The van der Waals surface area contributed by atoms with Crippen molar-refractivity contribution in [1.29, 1.82) is 0 Å². The molecular weight excluding hydrogens is 330 g/mol. The van der Waals surface area contributed by atoms with Gasteiger partial charge < -0.3 is 0 Å². The Morgan fingerprint density at radius 1 is 1.40 bits per heavy atom. The number of nitro benzene ring substituents is 1. The molecule has 2 aromatic rings. The first-order valence-corrected chi connectivity index (χ1v) is 6.45. The molecule has 0 aliphatic carbocycles. The summed E-state index contributed by atoms with van der Waals surface area (Å²) >= 11 is 3.18. The number of aromatic nitrogens is 2. The third-order valence-electron chi connectivity index (χ3n) is 2.69. The fourth-order valence-corrected chi connectivity index (χ4v) is 2.43. The highest BCUT2D eigenvalue weighted by atomic mass is 79.9. The number of Topliss-reactive ketones (excluding diaryl/α,β-unsaturated/α-hetero) is 2. The third-order valence-corrected chi connectivity index (χ3v) is 3.15. The molecule has 0 bridgehead atoms. The summed E-state index contributed by atoms with van der Waals surface area (Å²) in [6.07, 6.45) is 0. The van der Waals surface area contributed by atoms with Crippen LogP contribution in [0.4, 0.5) is 5.69 Å². The molecule has 0 saturated carbocycles. The van der Waals surface area contributed by atoms with Crippen molar-refractivity contribution in [3.63, 3.8) is 0 Å². The Labute approximate surface area is 121 Å². The Morgan fingerprint density at radius 2 is 2.05 bits per heavy atom. The van der Waals surface area contributed by atoms with E-state index in [0.717, 1.165) is 0 Å². The highest BCUT2D eigenvalue weighted by molar-refractivity contribution is 9.10. The number of nitrogens with zero attached hydrogens (tertiary/aromatic N) is 3. The Hall–Kier alpha value is -2.09. The predicted molar refractivity (Wildman–Crippen MR) is 74.8 cm³/mol. The molecule has 0 radical (unpaired) electrons. The lowest BCUT2D eigenvalue weighted by atomic mass is 10.1. The van der Waals surface area contributed by atoms with Crippen molar-refractivity contribution in [2.75, 3.05) is 0 Å². The van der Waals surface area contributed by atoms with Gasteiger partial charge in [0, 0.05) is 22.8 Å². The summed E-state index contributed by atoms with van der Waals surface area (Å²) in [6, 6.07) is 2.91. The molecule has 1 heterocycles. The zero-order chi connectivity index (χ0) is 15.0. The first kappa shape index (κ1) is 14.3. The minimum absolute atomic E-state index is 0.116. The monoisotopic (exact) mass is 339 g/mol. The number of hydrogen-bond acceptors (Lipinski definition) is 5. The first-order chi connectivity index (χ1) is 9.31. The lowest BCUT2D eigenvalue weighted by Crippen LogP contribution is -2.09. The van der Waals surface area contributed by atoms with Crippen LogP contribution in [0.1, 0.15) is 24.3 Å². The Balaban J connectivity index is 2.89. The van der Waals surface area contributed by atoms with E-state index >= 15 is 0 Å². The predicted octanol–water partition coefficient (Wildman–Crippen LogP) is 2.50. The molecular formula is C12H10BrN3O4. The van der Waals surface area contributed by atoms with Crippen LogP contribution in [0.15, 0.2) is 16.6 Å². The van der Waals surface area contributed by atoms with E-state index in [4.69, 9.17) is 0 Å². The molecule has 0 saturated heterocycles. The minimum atomic E-state index is -0.560. The lowest BCUT2D eigenvalue weighted by Gasteiger charge is -2.01. The van der Waals surface area contributed by atoms with Crippen molar-refractivity contribution >= 4 is 44.1 Å². The number of carbonyl (C=O) groups excluding carboxylic acids is 2. The molecule has 0 aliphatic rings. The van der Waals surface area contributed by atoms with Crippen LogP contribution < -0.4 is 0 Å². The van der Waals surface area contributed by atoms with Crippen molar-refractivity contribution < 1.29 is 14.5 Å². The number of ketones is 2. The maximum Gasteiger partial charge on any atom is 0.296 e. The number of non-ortho nitro benzene ring substituents is 1. The number of hydrogen-bond donors (Lipinski definition) is 0. The molecule has 0 N–H and O–H groups in total. The molecule has 0 aliphatic heterocycles. The van der Waals surface area contributed by atoms with Gasteiger partial charge in [0.05, 0.1) is 4.92 Å². The summed E-state index contributed by atoms with van der Waals surface area (Å²) in [7, 11) is 0. The second-order valence-electron chi connectivity index (χ2n) is 4.34. The highest BCUT2D eigenvalue weighted by Crippen LogP contribution is 2.32. The zero-order valence-electron chi connectivity index (χ0n) is 10.7. The van der Waals surface area contributed by atoms with Gasteiger partial charge in [-0.15, -0.1) is 0 Å². The van der Waals surface area contributed by atoms with Crippen LogP contribution in [0, 0.1) is 10.1 Å². The lowest BCUT2D eigenvalue weighted by molar-refractivity contribution is -0.383. The van der Waals surface area contributed by atoms with E-state index in [1.165, 1.54) is 24.6 Å². The maximum absolute atomic E-state index is 11.6. The molecule has 1 aromatic heterocycles. The molecule has 8 heteroatoms. The van der Waals surface area contributed by atoms with Crippen LogP contribution in [0.25, 0.3) is 10.9 Å². The van der Waals surface area contributed by atoms with E-state index in [0.29, 0.717) is 9.86 Å². The zero-order valence-corrected chi connectivity index (χ0v) is 12.3. The van der Waals surface area contributed by atoms with Gasteiger partial charge in [0.25, 0.3) is 5.69 Å². The highest BCUT2D eigenvalue weighted by Gasteiger charge is 2.24. The smallest absolute Gasteiger partial charge is 0.296 e. The van der Waals surface area contributed by atoms with Crippen LogP contribution in [-0.2, 0) is 11.3 Å². The van der Waals surface area contributed by atoms with E-state index in [9.17, 15) is 19.7 Å². The summed E-state index contributed by atoms with van der Waals surface area (Å²) in [5, 5.41) is 15.6. The molecule has 0 spiro atoms. The van der Waals surface area contributed by atoms with Gasteiger partial charge in [-0.05, 0) is 13.0 Å². The van der Waals surface area contributed by atoms with Gasteiger partial charge in [0.2, 0.25) is 0 Å². The van der Waals surface area contributed by atoms with Crippen molar-refractivity contribution in [3.05, 3.63) is 32.4 Å². The SMILES string of the molecule is CC(=O)Cn1nc(C(C)=O)c2cc(Br)cc([N+](=O)[O-])c21. The van der Waals surface area contributed by atoms with E-state index in [2.05, 4.69) is 21.0 Å². The van der Waals surface area contributed by atoms with Gasteiger partial charge in [-0.1, -0.05) is 15.9 Å². The summed E-state index contributed by atoms with van der Waals surface area (Å²) in [6.45, 7) is 2.56. The standard InChI is InChI=1S/C12H10BrN3O4/c1-6(17)5-15-12-9(11(14-15)7(2)18)3-8(13)4-10(12)16(19)20/h3-4H,5H2,1-2H3. The van der Waals surface area contributed by atoms with Crippen LogP contribution in [-0.4, -0.2) is 26.3 Å². The Morgan fingerprint density at radius 3 is 2.55 bits per heavy atom. The fourth-order valence-electron chi connectivity index (χ4n) is 1.99. The van der Waals surface area contributed by atoms with Crippen molar-refractivity contribution in [3.8, 4) is 0 Å². The maximum atomic E-state index is 11.6. The molecule has 0 unspecified atom stereocenters. The number of nitro groups is 1. The molecule has 1 aromatic carbocycles. The average molecular weight is 340 g/mol. The van der Waals surface area contributed by atoms with Gasteiger partial charge in [-0.3, -0.25) is 19.7 Å². The topological polar surface area (TPSA) is 95.1 Å². The summed E-state index contributed by atoms with van der Waals surface area (Å²) in [5.74, 6) is -0.522. The van der Waals surface area contributed by atoms with Crippen molar-refractivity contribution in [1.82, 2.24) is 9.78 Å². The summed E-state index contributed by atoms with van der Waals surface area (Å²) in [5.41, 5.74) is 0.0971. The molecule has 0 atom stereocenters. The number of benzene rings is 1. The van der Waals surface area contributed by atoms with Gasteiger partial charge in [-0.2, -0.15) is 5.10 Å². The Bertz CT molecular complexity index is 751. The molecule has 104 valence electrons. The van der Waals surface area contributed by atoms with Crippen molar-refractivity contribution in [2.24, 2.45) is 0 Å². The van der Waals surface area contributed by atoms with Crippen molar-refractivity contribution in [2.45, 2.75) is 20.4 Å². The fraction of sp³-hybridized carbons (Fsp3) is 0.250. The van der Waals surface area contributed by atoms with Gasteiger partial charge in [0.1, 0.15) is 17.8 Å². The number of fused-ring (bicyclic) bond motifs is 1. The number of carbonyl (C=O) groups is 2. The van der Waals surface area contributed by atoms with Crippen LogP contribution in [0.3, 0.4) is 0 Å². The largest absolute Gasteiger partial charge is 0.298 e. The second kappa shape index (κ2) is 5.12. The third kappa shape index (κ3) is 2.46. The minimum Gasteiger partial charge on any atom is -0.298 e. The summed E-state index contributed by atoms with van der Waals surface area (Å²) in [4.78, 5) is 33.5. The number of rotatable bonds is 4. The van der Waals surface area contributed by atoms with Crippen LogP contribution in [0.5, 0.6) is 0 Å². The van der Waals surface area contributed by atoms with E-state index < -0.39 is 4.92 Å². The molecule has 0 fully saturated rings. The van der Waals surface area contributed by atoms with Crippen LogP contribution in [0.2, 0.25) is 0 Å². The molecule has 0 amide bonds. The molecule has 2 rings (SSSR count). The van der Waals surface area contributed by atoms with Gasteiger partial charge in [0.15, 0.2) is 11.6 Å². The normalized spacial score (nSPS) is 10.8. The first-order valence-electron chi connectivity index (χ1n) is 5.66.